The number of nitro benzene ring substituents is 1. The van der Waals surface area contributed by atoms with Gasteiger partial charge in [-0.05, 0) is 35.9 Å². The maximum absolute atomic E-state index is 12.4. The van der Waals surface area contributed by atoms with Crippen molar-refractivity contribution in [2.45, 2.75) is 13.2 Å². The Morgan fingerprint density at radius 1 is 1.15 bits per heavy atom. The fourth-order valence-corrected chi connectivity index (χ4v) is 3.19. The minimum Gasteiger partial charge on any atom is -0.479 e. The zero-order chi connectivity index (χ0) is 23.4. The van der Waals surface area contributed by atoms with Gasteiger partial charge >= 0.3 is 5.69 Å². The summed E-state index contributed by atoms with van der Waals surface area (Å²) in [5.74, 6) is -0.0385. The van der Waals surface area contributed by atoms with Crippen LogP contribution < -0.4 is 10.1 Å². The smallest absolute Gasteiger partial charge is 0.310 e. The third kappa shape index (κ3) is 5.48. The number of nitrogens with one attached hydrogen (secondary N) is 1. The van der Waals surface area contributed by atoms with Gasteiger partial charge in [0, 0.05) is 6.07 Å². The number of anilines is 1. The van der Waals surface area contributed by atoms with Crippen molar-refractivity contribution in [1.82, 2.24) is 14.8 Å². The van der Waals surface area contributed by atoms with E-state index in [9.17, 15) is 14.9 Å². The van der Waals surface area contributed by atoms with Gasteiger partial charge in [0.15, 0.2) is 11.5 Å². The van der Waals surface area contributed by atoms with Crippen LogP contribution in [0.3, 0.4) is 0 Å². The first-order valence-electron chi connectivity index (χ1n) is 9.48. The minimum atomic E-state index is -0.556. The summed E-state index contributed by atoms with van der Waals surface area (Å²) in [4.78, 5) is 27.0. The van der Waals surface area contributed by atoms with Crippen LogP contribution in [-0.4, -0.2) is 25.6 Å². The van der Waals surface area contributed by atoms with Gasteiger partial charge in [-0.15, -0.1) is 5.10 Å². The highest BCUT2D eigenvalue weighted by molar-refractivity contribution is 6.42. The van der Waals surface area contributed by atoms with Crippen LogP contribution in [0.4, 0.5) is 11.6 Å². The normalized spacial score (nSPS) is 10.7. The Balaban J connectivity index is 1.35. The Hall–Kier alpha value is -3.89. The highest BCUT2D eigenvalue weighted by Crippen LogP contribution is 2.27. The predicted molar refractivity (Wildman–Crippen MR) is 120 cm³/mol. The topological polar surface area (TPSA) is 125 Å². The van der Waals surface area contributed by atoms with Crippen LogP contribution in [0.2, 0.25) is 10.0 Å². The van der Waals surface area contributed by atoms with Gasteiger partial charge in [0.05, 0.1) is 21.5 Å². The monoisotopic (exact) mass is 487 g/mol. The molecule has 4 rings (SSSR count). The molecule has 4 aromatic rings. The number of para-hydroxylation sites is 2. The lowest BCUT2D eigenvalue weighted by Crippen LogP contribution is -2.12. The van der Waals surface area contributed by atoms with Crippen LogP contribution in [0.25, 0.3) is 0 Å². The largest absolute Gasteiger partial charge is 0.479 e. The number of halogens is 2. The van der Waals surface area contributed by atoms with Crippen molar-refractivity contribution in [3.8, 4) is 5.75 Å². The Morgan fingerprint density at radius 2 is 1.97 bits per heavy atom. The van der Waals surface area contributed by atoms with Gasteiger partial charge in [0.25, 0.3) is 5.91 Å². The molecule has 0 aliphatic heterocycles. The Morgan fingerprint density at radius 3 is 2.76 bits per heavy atom. The van der Waals surface area contributed by atoms with Crippen LogP contribution in [0.1, 0.15) is 21.9 Å². The van der Waals surface area contributed by atoms with Gasteiger partial charge in [-0.3, -0.25) is 20.2 Å². The van der Waals surface area contributed by atoms with Crippen molar-refractivity contribution in [2.24, 2.45) is 0 Å². The van der Waals surface area contributed by atoms with Gasteiger partial charge in [-0.2, -0.15) is 0 Å². The van der Waals surface area contributed by atoms with Crippen LogP contribution in [-0.2, 0) is 13.2 Å². The van der Waals surface area contributed by atoms with Crippen LogP contribution in [0, 0.1) is 10.1 Å². The van der Waals surface area contributed by atoms with Crippen LogP contribution >= 0.6 is 23.2 Å². The lowest BCUT2D eigenvalue weighted by atomic mass is 10.2. The van der Waals surface area contributed by atoms with E-state index in [0.717, 1.165) is 5.56 Å². The first-order valence-corrected chi connectivity index (χ1v) is 10.2. The van der Waals surface area contributed by atoms with Crippen molar-refractivity contribution in [2.75, 3.05) is 5.32 Å². The zero-order valence-electron chi connectivity index (χ0n) is 16.8. The molecule has 0 atom stereocenters. The zero-order valence-corrected chi connectivity index (χ0v) is 18.3. The van der Waals surface area contributed by atoms with E-state index in [-0.39, 0.29) is 29.8 Å². The second-order valence-electron chi connectivity index (χ2n) is 6.75. The number of rotatable bonds is 8. The molecule has 2 aromatic heterocycles. The van der Waals surface area contributed by atoms with E-state index in [2.05, 4.69) is 15.4 Å². The number of carbonyl (C=O) groups excluding carboxylic acids is 1. The van der Waals surface area contributed by atoms with Gasteiger partial charge in [-0.25, -0.2) is 9.67 Å². The Labute approximate surface area is 196 Å². The maximum atomic E-state index is 12.4. The van der Waals surface area contributed by atoms with Crippen molar-refractivity contribution >= 4 is 40.7 Å². The molecule has 168 valence electrons. The van der Waals surface area contributed by atoms with E-state index >= 15 is 0 Å². The lowest BCUT2D eigenvalue weighted by molar-refractivity contribution is -0.386. The third-order valence-corrected chi connectivity index (χ3v) is 5.15. The molecular weight excluding hydrogens is 473 g/mol. The van der Waals surface area contributed by atoms with E-state index < -0.39 is 10.8 Å². The molecule has 0 aliphatic rings. The SMILES string of the molecule is O=C(Nc1ncn(Cc2ccc(Cl)c(Cl)c2)n1)c1ccc(COc2ccccc2[N+](=O)[O-])o1. The van der Waals surface area contributed by atoms with Crippen LogP contribution in [0.15, 0.2) is 65.3 Å². The molecule has 0 bridgehead atoms. The Bertz CT molecular complexity index is 1320. The molecule has 0 spiro atoms. The highest BCUT2D eigenvalue weighted by atomic mass is 35.5. The first kappa shape index (κ1) is 22.3. The highest BCUT2D eigenvalue weighted by Gasteiger charge is 2.17. The second-order valence-corrected chi connectivity index (χ2v) is 7.56. The first-order chi connectivity index (χ1) is 15.9. The summed E-state index contributed by atoms with van der Waals surface area (Å²) in [5, 5.41) is 18.7. The summed E-state index contributed by atoms with van der Waals surface area (Å²) in [6.07, 6.45) is 1.46. The maximum Gasteiger partial charge on any atom is 0.310 e. The summed E-state index contributed by atoms with van der Waals surface area (Å²) >= 11 is 11.9. The number of amides is 1. The fraction of sp³-hybridized carbons (Fsp3) is 0.0952. The quantitative estimate of drug-likeness (QED) is 0.274. The van der Waals surface area contributed by atoms with Crippen molar-refractivity contribution in [1.29, 1.82) is 0 Å². The van der Waals surface area contributed by atoms with Crippen molar-refractivity contribution < 1.29 is 18.9 Å². The number of nitrogens with zero attached hydrogens (tertiary/aromatic N) is 4. The van der Waals surface area contributed by atoms with Gasteiger partial charge in [-0.1, -0.05) is 41.4 Å². The molecule has 1 N–H and O–H groups in total. The molecule has 10 nitrogen and oxygen atoms in total. The number of ether oxygens (including phenoxy) is 1. The Kier molecular flexibility index (Phi) is 6.57. The molecule has 0 saturated heterocycles. The van der Waals surface area contributed by atoms with E-state index in [4.69, 9.17) is 32.4 Å². The van der Waals surface area contributed by atoms with Gasteiger partial charge in [0.2, 0.25) is 5.95 Å². The molecule has 0 saturated carbocycles. The summed E-state index contributed by atoms with van der Waals surface area (Å²) < 4.78 is 12.5. The predicted octanol–water partition coefficient (Wildman–Crippen LogP) is 4.97. The number of benzene rings is 2. The van der Waals surface area contributed by atoms with Crippen molar-refractivity contribution in [3.05, 3.63) is 98.2 Å². The van der Waals surface area contributed by atoms with E-state index in [0.29, 0.717) is 22.4 Å². The molecule has 0 unspecified atom stereocenters. The summed E-state index contributed by atoms with van der Waals surface area (Å²) in [7, 11) is 0. The van der Waals surface area contributed by atoms with E-state index in [1.807, 2.05) is 6.07 Å². The molecule has 2 heterocycles. The molecule has 0 fully saturated rings. The third-order valence-electron chi connectivity index (χ3n) is 4.41. The number of aromatic nitrogens is 3. The molecule has 1 amide bonds. The molecule has 12 heteroatoms. The summed E-state index contributed by atoms with van der Waals surface area (Å²) in [5.41, 5.74) is 0.700. The number of hydrogen-bond acceptors (Lipinski definition) is 7. The minimum absolute atomic E-state index is 0.0111. The van der Waals surface area contributed by atoms with Crippen molar-refractivity contribution in [3.63, 3.8) is 0 Å². The summed E-state index contributed by atoms with van der Waals surface area (Å²) in [6.45, 7) is 0.294. The van der Waals surface area contributed by atoms with E-state index in [1.165, 1.54) is 29.2 Å². The lowest BCUT2D eigenvalue weighted by Gasteiger charge is -2.04. The number of furan rings is 1. The molecule has 0 aliphatic carbocycles. The molecule has 2 aromatic carbocycles. The number of nitro groups is 1. The fourth-order valence-electron chi connectivity index (χ4n) is 2.87. The second kappa shape index (κ2) is 9.72. The summed E-state index contributed by atoms with van der Waals surface area (Å²) in [6, 6.07) is 14.2. The average molecular weight is 488 g/mol. The van der Waals surface area contributed by atoms with Crippen LogP contribution in [0.5, 0.6) is 5.75 Å². The molecule has 33 heavy (non-hydrogen) atoms. The van der Waals surface area contributed by atoms with E-state index in [1.54, 1.807) is 30.3 Å². The number of hydrogen-bond donors (Lipinski definition) is 1. The van der Waals surface area contributed by atoms with Gasteiger partial charge in [0.1, 0.15) is 18.7 Å². The standard InChI is InChI=1S/C21H15Cl2N5O5/c22-15-7-5-13(9-16(15)23)10-27-12-24-21(26-27)25-20(29)19-8-6-14(33-19)11-32-18-4-2-1-3-17(18)28(30)31/h1-9,12H,10-11H2,(H,25,26,29). The molecule has 0 radical (unpaired) electrons. The average Bonchev–Trinajstić information content (AvgIpc) is 3.44. The molecular formula is C21H15Cl2N5O5. The number of carbonyl (C=O) groups is 1. The van der Waals surface area contributed by atoms with Gasteiger partial charge < -0.3 is 9.15 Å².